The van der Waals surface area contributed by atoms with Crippen molar-refractivity contribution in [1.29, 1.82) is 0 Å². The van der Waals surface area contributed by atoms with E-state index in [1.165, 1.54) is 31.5 Å². The molecule has 4 N–H and O–H groups in total. The van der Waals surface area contributed by atoms with Gasteiger partial charge in [0.1, 0.15) is 19.0 Å². The maximum Gasteiger partial charge on any atom is 0.337 e. The van der Waals surface area contributed by atoms with Crippen LogP contribution in [-0.2, 0) is 16.1 Å². The van der Waals surface area contributed by atoms with E-state index in [1.807, 2.05) is 0 Å². The quantitative estimate of drug-likeness (QED) is 0.0591. The molecular formula is C31H31Cl2N5O9. The summed E-state index contributed by atoms with van der Waals surface area (Å²) < 4.78 is 22.3. The molecule has 0 bridgehead atoms. The highest BCUT2D eigenvalue weighted by Crippen LogP contribution is 2.35. The number of aliphatic hydroxyl groups excluding tert-OH is 1. The van der Waals surface area contributed by atoms with E-state index in [4.69, 9.17) is 42.1 Å². The number of aliphatic hydroxyl groups is 1. The Morgan fingerprint density at radius 2 is 1.87 bits per heavy atom. The minimum absolute atomic E-state index is 0.0419. The number of nitrogens with zero attached hydrogens (tertiary/aromatic N) is 2. The van der Waals surface area contributed by atoms with E-state index in [2.05, 4.69) is 21.2 Å². The molecule has 2 amide bonds. The smallest absolute Gasteiger partial charge is 0.337 e. The van der Waals surface area contributed by atoms with Crippen LogP contribution < -0.4 is 30.3 Å². The highest BCUT2D eigenvalue weighted by atomic mass is 35.5. The van der Waals surface area contributed by atoms with Gasteiger partial charge in [-0.15, -0.1) is 0 Å². The molecule has 0 spiro atoms. The lowest BCUT2D eigenvalue weighted by Gasteiger charge is -2.28. The number of methoxy groups -OCH3 is 1. The molecular weight excluding hydrogens is 657 g/mol. The number of carbonyl (C=O) groups is 2. The summed E-state index contributed by atoms with van der Waals surface area (Å²) in [7, 11) is 1.25. The molecule has 1 aliphatic rings. The fraction of sp³-hybridized carbons (Fsp3) is 0.258. The highest BCUT2D eigenvalue weighted by molar-refractivity contribution is 6.36. The van der Waals surface area contributed by atoms with Crippen molar-refractivity contribution in [3.8, 4) is 17.2 Å². The fourth-order valence-corrected chi connectivity index (χ4v) is 5.08. The molecule has 0 unspecified atom stereocenters. The van der Waals surface area contributed by atoms with Gasteiger partial charge >= 0.3 is 12.0 Å². The second kappa shape index (κ2) is 16.0. The molecule has 3 aromatic rings. The first-order valence-corrected chi connectivity index (χ1v) is 14.8. The Morgan fingerprint density at radius 1 is 1.13 bits per heavy atom. The third kappa shape index (κ3) is 9.03. The third-order valence-electron chi connectivity index (χ3n) is 6.67. The van der Waals surface area contributed by atoms with Crippen LogP contribution in [0.5, 0.6) is 17.2 Å². The number of non-ortho nitro benzene ring substituents is 1. The minimum Gasteiger partial charge on any atom is -0.490 e. The molecule has 248 valence electrons. The molecule has 0 aliphatic carbocycles. The van der Waals surface area contributed by atoms with Crippen molar-refractivity contribution in [1.82, 2.24) is 16.1 Å². The lowest BCUT2D eigenvalue weighted by molar-refractivity contribution is -0.384. The fourth-order valence-electron chi connectivity index (χ4n) is 4.51. The number of ether oxygens (including phenoxy) is 4. The lowest BCUT2D eigenvalue weighted by Crippen LogP contribution is -2.45. The van der Waals surface area contributed by atoms with Gasteiger partial charge in [0.2, 0.25) is 0 Å². The first kappa shape index (κ1) is 34.8. The highest BCUT2D eigenvalue weighted by Gasteiger charge is 2.32. The molecule has 14 nitrogen and oxygen atoms in total. The Labute approximate surface area is 279 Å². The number of rotatable bonds is 14. The first-order valence-electron chi connectivity index (χ1n) is 14.1. The van der Waals surface area contributed by atoms with Crippen LogP contribution in [0.4, 0.5) is 10.5 Å². The van der Waals surface area contributed by atoms with Crippen LogP contribution in [0.15, 0.2) is 71.0 Å². The molecule has 1 aliphatic heterocycles. The number of urea groups is 1. The van der Waals surface area contributed by atoms with Gasteiger partial charge in [-0.1, -0.05) is 29.3 Å². The molecule has 0 fully saturated rings. The predicted octanol–water partition coefficient (Wildman–Crippen LogP) is 5.00. The number of nitro benzene ring substituents is 1. The number of nitrogens with one attached hydrogen (secondary N) is 3. The van der Waals surface area contributed by atoms with Crippen LogP contribution in [0, 0.1) is 10.1 Å². The zero-order valence-electron chi connectivity index (χ0n) is 25.4. The summed E-state index contributed by atoms with van der Waals surface area (Å²) in [6, 6.07) is 12.6. The van der Waals surface area contributed by atoms with Gasteiger partial charge in [-0.3, -0.25) is 15.5 Å². The van der Waals surface area contributed by atoms with Crippen molar-refractivity contribution in [3.63, 3.8) is 0 Å². The number of hydrogen-bond acceptors (Lipinski definition) is 11. The third-order valence-corrected chi connectivity index (χ3v) is 7.17. The monoisotopic (exact) mass is 687 g/mol. The number of benzene rings is 3. The van der Waals surface area contributed by atoms with Gasteiger partial charge in [0.05, 0.1) is 41.5 Å². The van der Waals surface area contributed by atoms with E-state index in [0.29, 0.717) is 45.5 Å². The van der Waals surface area contributed by atoms with Crippen molar-refractivity contribution in [2.75, 3.05) is 20.3 Å². The average Bonchev–Trinajstić information content (AvgIpc) is 3.03. The topological polar surface area (TPSA) is 183 Å². The van der Waals surface area contributed by atoms with Crippen LogP contribution in [-0.4, -0.2) is 54.8 Å². The second-order valence-corrected chi connectivity index (χ2v) is 10.8. The van der Waals surface area contributed by atoms with Gasteiger partial charge in [0.25, 0.3) is 5.69 Å². The number of hydrazone groups is 1. The van der Waals surface area contributed by atoms with E-state index in [9.17, 15) is 24.8 Å². The van der Waals surface area contributed by atoms with Gasteiger partial charge in [0.15, 0.2) is 17.7 Å². The van der Waals surface area contributed by atoms with Gasteiger partial charge < -0.3 is 34.7 Å². The van der Waals surface area contributed by atoms with Crippen LogP contribution >= 0.6 is 23.2 Å². The van der Waals surface area contributed by atoms with Crippen LogP contribution in [0.3, 0.4) is 0 Å². The maximum absolute atomic E-state index is 12.5. The molecule has 1 heterocycles. The number of allylic oxidation sites excluding steroid dienone is 1. The minimum atomic E-state index is -1.26. The van der Waals surface area contributed by atoms with Crippen molar-refractivity contribution >= 4 is 47.1 Å². The molecule has 0 saturated carbocycles. The van der Waals surface area contributed by atoms with E-state index >= 15 is 0 Å². The molecule has 2 atom stereocenters. The number of nitro groups is 1. The summed E-state index contributed by atoms with van der Waals surface area (Å²) in [5.41, 5.74) is 4.73. The molecule has 0 aromatic heterocycles. The van der Waals surface area contributed by atoms with Crippen LogP contribution in [0.1, 0.15) is 36.6 Å². The average molecular weight is 689 g/mol. The predicted molar refractivity (Wildman–Crippen MR) is 173 cm³/mol. The van der Waals surface area contributed by atoms with Crippen molar-refractivity contribution in [2.45, 2.75) is 32.7 Å². The summed E-state index contributed by atoms with van der Waals surface area (Å²) >= 11 is 12.5. The van der Waals surface area contributed by atoms with E-state index in [1.54, 1.807) is 50.2 Å². The molecule has 4 rings (SSSR count). The molecule has 47 heavy (non-hydrogen) atoms. The van der Waals surface area contributed by atoms with Gasteiger partial charge in [-0.25, -0.2) is 9.59 Å². The number of esters is 1. The summed E-state index contributed by atoms with van der Waals surface area (Å²) in [5, 5.41) is 31.3. The Balaban J connectivity index is 1.42. The summed E-state index contributed by atoms with van der Waals surface area (Å²) in [6.45, 7) is 3.50. The van der Waals surface area contributed by atoms with Crippen LogP contribution in [0.2, 0.25) is 10.0 Å². The summed E-state index contributed by atoms with van der Waals surface area (Å²) in [6.07, 6.45) is 0.0913. The standard InChI is InChI=1S/C31H31Cl2N5O9/c1-4-45-25-12-19(28-27(30(40)44-3)17(2)35-31(41)36-28)7-10-24(25)46-16-26(39)37-34-14-20-11-21(32)13-23(33)29(20)47-15-18-5-8-22(9-6-18)38(42)43/h5-14,26,28,37,39H,4,15-16H2,1-3H3,(H2,35,36,41)/b34-14+/t26-,28-/m1/s1. The van der Waals surface area contributed by atoms with E-state index in [-0.39, 0.29) is 35.2 Å². The van der Waals surface area contributed by atoms with Crippen molar-refractivity contribution in [3.05, 3.63) is 103 Å². The summed E-state index contributed by atoms with van der Waals surface area (Å²) in [5.74, 6) is 0.275. The second-order valence-electron chi connectivity index (χ2n) is 9.93. The van der Waals surface area contributed by atoms with Gasteiger partial charge in [-0.05, 0) is 61.4 Å². The first-order chi connectivity index (χ1) is 22.5. The Hall–Kier alpha value is -5.05. The molecule has 3 aromatic carbocycles. The Kier molecular flexibility index (Phi) is 11.8. The molecule has 0 saturated heterocycles. The lowest BCUT2D eigenvalue weighted by atomic mass is 9.95. The zero-order chi connectivity index (χ0) is 34.1. The van der Waals surface area contributed by atoms with E-state index in [0.717, 1.165) is 0 Å². The van der Waals surface area contributed by atoms with Crippen molar-refractivity contribution < 1.29 is 38.6 Å². The Morgan fingerprint density at radius 3 is 2.55 bits per heavy atom. The number of carbonyl (C=O) groups excluding carboxylic acids is 2. The van der Waals surface area contributed by atoms with Crippen LogP contribution in [0.25, 0.3) is 0 Å². The number of halogens is 2. The largest absolute Gasteiger partial charge is 0.490 e. The van der Waals surface area contributed by atoms with Gasteiger partial charge in [-0.2, -0.15) is 5.10 Å². The number of amides is 2. The normalized spacial score (nSPS) is 15.0. The number of hydrogen-bond donors (Lipinski definition) is 4. The van der Waals surface area contributed by atoms with Crippen molar-refractivity contribution in [2.24, 2.45) is 5.10 Å². The zero-order valence-corrected chi connectivity index (χ0v) is 26.9. The summed E-state index contributed by atoms with van der Waals surface area (Å²) in [4.78, 5) is 35.0. The SMILES string of the molecule is CCOc1cc([C@H]2NC(=O)NC(C)=C2C(=O)OC)ccc1OC[C@@H](O)N/N=C/c1cc(Cl)cc(Cl)c1OCc1ccc([N+](=O)[O-])cc1. The maximum atomic E-state index is 12.5. The molecule has 16 heteroatoms. The molecule has 0 radical (unpaired) electrons. The van der Waals surface area contributed by atoms with Gasteiger partial charge in [0, 0.05) is 28.4 Å². The van der Waals surface area contributed by atoms with E-state index < -0.39 is 29.2 Å². The Bertz CT molecular complexity index is 1700.